The van der Waals surface area contributed by atoms with E-state index in [0.29, 0.717) is 27.9 Å². The average molecular weight is 353 g/mol. The summed E-state index contributed by atoms with van der Waals surface area (Å²) >= 11 is 1.31. The molecule has 1 aromatic heterocycles. The highest BCUT2D eigenvalue weighted by atomic mass is 32.2. The second-order valence-electron chi connectivity index (χ2n) is 5.92. The van der Waals surface area contributed by atoms with Gasteiger partial charge in [0.05, 0.1) is 23.6 Å². The SMILES string of the molecule is COc1ccccc1NC(=O)C(C)Sc1nc(C2CC2)ccc1C#N. The molecule has 1 fully saturated rings. The summed E-state index contributed by atoms with van der Waals surface area (Å²) in [5.74, 6) is 0.960. The van der Waals surface area contributed by atoms with Gasteiger partial charge in [-0.25, -0.2) is 4.98 Å². The quantitative estimate of drug-likeness (QED) is 0.796. The third-order valence-electron chi connectivity index (χ3n) is 4.02. The van der Waals surface area contributed by atoms with Crippen LogP contribution in [0.3, 0.4) is 0 Å². The van der Waals surface area contributed by atoms with Crippen LogP contribution >= 0.6 is 11.8 Å². The number of pyridine rings is 1. The van der Waals surface area contributed by atoms with Gasteiger partial charge in [0.1, 0.15) is 16.8 Å². The van der Waals surface area contributed by atoms with Gasteiger partial charge in [-0.3, -0.25) is 4.79 Å². The van der Waals surface area contributed by atoms with Crippen LogP contribution in [0, 0.1) is 11.3 Å². The van der Waals surface area contributed by atoms with Crippen LogP contribution in [0.15, 0.2) is 41.4 Å². The second-order valence-corrected chi connectivity index (χ2v) is 7.25. The number of thioether (sulfide) groups is 1. The van der Waals surface area contributed by atoms with E-state index in [1.807, 2.05) is 25.1 Å². The molecule has 0 spiro atoms. The highest BCUT2D eigenvalue weighted by molar-refractivity contribution is 8.00. The molecule has 0 aliphatic heterocycles. The van der Waals surface area contributed by atoms with E-state index in [1.54, 1.807) is 25.3 Å². The van der Waals surface area contributed by atoms with E-state index in [0.717, 1.165) is 18.5 Å². The first-order chi connectivity index (χ1) is 12.1. The Morgan fingerprint density at radius 3 is 2.80 bits per heavy atom. The minimum absolute atomic E-state index is 0.156. The normalized spacial score (nSPS) is 14.4. The number of aromatic nitrogens is 1. The number of nitriles is 1. The smallest absolute Gasteiger partial charge is 0.237 e. The summed E-state index contributed by atoms with van der Waals surface area (Å²) in [6.45, 7) is 1.81. The van der Waals surface area contributed by atoms with Gasteiger partial charge < -0.3 is 10.1 Å². The predicted molar refractivity (Wildman–Crippen MR) is 97.9 cm³/mol. The monoisotopic (exact) mass is 353 g/mol. The van der Waals surface area contributed by atoms with Gasteiger partial charge in [0.2, 0.25) is 5.91 Å². The molecule has 3 rings (SSSR count). The van der Waals surface area contributed by atoms with Crippen LogP contribution in [0.2, 0.25) is 0 Å². The molecule has 6 heteroatoms. The van der Waals surface area contributed by atoms with Gasteiger partial charge >= 0.3 is 0 Å². The average Bonchev–Trinajstić information content (AvgIpc) is 3.47. The highest BCUT2D eigenvalue weighted by Gasteiger charge is 2.26. The summed E-state index contributed by atoms with van der Waals surface area (Å²) in [6, 6.07) is 13.1. The zero-order chi connectivity index (χ0) is 17.8. The first-order valence-corrected chi connectivity index (χ1v) is 9.02. The minimum Gasteiger partial charge on any atom is -0.495 e. The van der Waals surface area contributed by atoms with Gasteiger partial charge in [-0.05, 0) is 44.0 Å². The number of hydrogen-bond acceptors (Lipinski definition) is 5. The van der Waals surface area contributed by atoms with Gasteiger partial charge in [-0.1, -0.05) is 23.9 Å². The van der Waals surface area contributed by atoms with E-state index < -0.39 is 0 Å². The fraction of sp³-hybridized carbons (Fsp3) is 0.316. The number of benzene rings is 1. The molecular weight excluding hydrogens is 334 g/mol. The molecule has 1 unspecified atom stereocenters. The number of ether oxygens (including phenoxy) is 1. The van der Waals surface area contributed by atoms with E-state index in [2.05, 4.69) is 16.4 Å². The molecule has 1 aliphatic carbocycles. The number of hydrogen-bond donors (Lipinski definition) is 1. The maximum absolute atomic E-state index is 12.5. The van der Waals surface area contributed by atoms with Crippen LogP contribution in [-0.2, 0) is 4.79 Å². The predicted octanol–water partition coefficient (Wildman–Crippen LogP) is 3.96. The van der Waals surface area contributed by atoms with Crippen molar-refractivity contribution in [2.75, 3.05) is 12.4 Å². The summed E-state index contributed by atoms with van der Waals surface area (Å²) in [4.78, 5) is 17.1. The number of nitrogens with zero attached hydrogens (tertiary/aromatic N) is 2. The Morgan fingerprint density at radius 1 is 1.36 bits per heavy atom. The first kappa shape index (κ1) is 17.3. The van der Waals surface area contributed by atoms with Crippen molar-refractivity contribution in [2.24, 2.45) is 0 Å². The van der Waals surface area contributed by atoms with E-state index in [-0.39, 0.29) is 11.2 Å². The number of anilines is 1. The van der Waals surface area contributed by atoms with Crippen molar-refractivity contribution in [3.05, 3.63) is 47.7 Å². The Morgan fingerprint density at radius 2 is 2.12 bits per heavy atom. The molecule has 2 aromatic rings. The fourth-order valence-electron chi connectivity index (χ4n) is 2.44. The molecule has 1 saturated carbocycles. The third kappa shape index (κ3) is 4.12. The van der Waals surface area contributed by atoms with E-state index in [1.165, 1.54) is 11.8 Å². The van der Waals surface area contributed by atoms with Crippen LogP contribution < -0.4 is 10.1 Å². The van der Waals surface area contributed by atoms with Crippen molar-refractivity contribution in [3.8, 4) is 11.8 Å². The summed E-state index contributed by atoms with van der Waals surface area (Å²) in [5, 5.41) is 12.4. The van der Waals surface area contributed by atoms with Gasteiger partial charge in [0, 0.05) is 11.6 Å². The first-order valence-electron chi connectivity index (χ1n) is 8.14. The largest absolute Gasteiger partial charge is 0.495 e. The van der Waals surface area contributed by atoms with Crippen molar-refractivity contribution in [2.45, 2.75) is 36.0 Å². The number of rotatable bonds is 6. The number of para-hydroxylation sites is 2. The van der Waals surface area contributed by atoms with Gasteiger partial charge in [0.25, 0.3) is 0 Å². The molecule has 25 heavy (non-hydrogen) atoms. The molecule has 0 saturated heterocycles. The van der Waals surface area contributed by atoms with E-state index >= 15 is 0 Å². The summed E-state index contributed by atoms with van der Waals surface area (Å²) in [7, 11) is 1.57. The Balaban J connectivity index is 1.73. The van der Waals surface area contributed by atoms with Crippen molar-refractivity contribution < 1.29 is 9.53 Å². The van der Waals surface area contributed by atoms with E-state index in [9.17, 15) is 10.1 Å². The fourth-order valence-corrected chi connectivity index (χ4v) is 3.34. The lowest BCUT2D eigenvalue weighted by molar-refractivity contribution is -0.115. The van der Waals surface area contributed by atoms with Gasteiger partial charge in [-0.15, -0.1) is 0 Å². The zero-order valence-electron chi connectivity index (χ0n) is 14.2. The highest BCUT2D eigenvalue weighted by Crippen LogP contribution is 2.40. The Bertz CT molecular complexity index is 828. The summed E-state index contributed by atoms with van der Waals surface area (Å²) in [6.07, 6.45) is 2.29. The van der Waals surface area contributed by atoms with Crippen molar-refractivity contribution in [3.63, 3.8) is 0 Å². The third-order valence-corrected chi connectivity index (χ3v) is 5.12. The van der Waals surface area contributed by atoms with Crippen molar-refractivity contribution in [1.82, 2.24) is 4.98 Å². The van der Waals surface area contributed by atoms with E-state index in [4.69, 9.17) is 4.74 Å². The molecule has 1 aromatic carbocycles. The number of carbonyl (C=O) groups is 1. The number of nitrogens with one attached hydrogen (secondary N) is 1. The molecule has 1 N–H and O–H groups in total. The Labute approximate surface area is 151 Å². The minimum atomic E-state index is -0.390. The standard InChI is InChI=1S/C19H19N3O2S/c1-12(18(23)21-16-5-3-4-6-17(16)24-2)25-19-14(11-20)9-10-15(22-19)13-7-8-13/h3-6,9-10,12-13H,7-8H2,1-2H3,(H,21,23). The molecule has 1 heterocycles. The molecule has 0 bridgehead atoms. The second kappa shape index (κ2) is 7.58. The summed E-state index contributed by atoms with van der Waals surface area (Å²) in [5.41, 5.74) is 2.15. The molecular formula is C19H19N3O2S. The maximum Gasteiger partial charge on any atom is 0.237 e. The molecule has 128 valence electrons. The van der Waals surface area contributed by atoms with Gasteiger partial charge in [-0.2, -0.15) is 5.26 Å². The topological polar surface area (TPSA) is 75.0 Å². The van der Waals surface area contributed by atoms with Crippen molar-refractivity contribution >= 4 is 23.4 Å². The van der Waals surface area contributed by atoms with Crippen LogP contribution in [0.4, 0.5) is 5.69 Å². The molecule has 1 atom stereocenters. The molecule has 1 amide bonds. The number of carbonyl (C=O) groups excluding carboxylic acids is 1. The van der Waals surface area contributed by atoms with Crippen LogP contribution in [0.5, 0.6) is 5.75 Å². The maximum atomic E-state index is 12.5. The van der Waals surface area contributed by atoms with Crippen LogP contribution in [0.25, 0.3) is 0 Å². The lowest BCUT2D eigenvalue weighted by Crippen LogP contribution is -2.23. The molecule has 1 aliphatic rings. The van der Waals surface area contributed by atoms with Crippen LogP contribution in [-0.4, -0.2) is 23.3 Å². The zero-order valence-corrected chi connectivity index (χ0v) is 15.0. The number of amides is 1. The number of methoxy groups -OCH3 is 1. The molecule has 5 nitrogen and oxygen atoms in total. The summed E-state index contributed by atoms with van der Waals surface area (Å²) < 4.78 is 5.25. The Kier molecular flexibility index (Phi) is 5.25. The lowest BCUT2D eigenvalue weighted by Gasteiger charge is -2.14. The van der Waals surface area contributed by atoms with Gasteiger partial charge in [0.15, 0.2) is 0 Å². The Hall–Kier alpha value is -2.52. The molecule has 0 radical (unpaired) electrons. The lowest BCUT2D eigenvalue weighted by atomic mass is 10.2. The van der Waals surface area contributed by atoms with Crippen molar-refractivity contribution in [1.29, 1.82) is 5.26 Å². The van der Waals surface area contributed by atoms with Crippen LogP contribution in [0.1, 0.15) is 36.9 Å².